The van der Waals surface area contributed by atoms with E-state index in [0.29, 0.717) is 18.7 Å². The molecule has 2 aromatic heterocycles. The van der Waals surface area contributed by atoms with Gasteiger partial charge in [-0.2, -0.15) is 5.10 Å². The van der Waals surface area contributed by atoms with Crippen LogP contribution in [0, 0.1) is 0 Å². The second kappa shape index (κ2) is 7.11. The molecular weight excluding hydrogens is 394 g/mol. The maximum Gasteiger partial charge on any atom is 0.254 e. The van der Waals surface area contributed by atoms with E-state index < -0.39 is 0 Å². The minimum Gasteiger partial charge on any atom is -0.467 e. The van der Waals surface area contributed by atoms with E-state index in [2.05, 4.69) is 21.0 Å². The lowest BCUT2D eigenvalue weighted by Gasteiger charge is -2.21. The minimum absolute atomic E-state index is 0.0219. The summed E-state index contributed by atoms with van der Waals surface area (Å²) < 4.78 is 8.40. The molecule has 0 radical (unpaired) electrons. The van der Waals surface area contributed by atoms with Gasteiger partial charge in [0.05, 0.1) is 25.0 Å². The highest BCUT2D eigenvalue weighted by molar-refractivity contribution is 9.10. The van der Waals surface area contributed by atoms with E-state index in [1.807, 2.05) is 53.0 Å². The standard InChI is InChI=1S/C20H20BrN3O2/c1-23-19-6-2-5-17(19)18(22-23)13-24(12-16-4-3-11-26-16)20(25)14-7-9-15(21)10-8-14/h3-4,7-11H,2,5-6,12-13H2,1H3. The molecule has 6 heteroatoms. The third-order valence-corrected chi connectivity index (χ3v) is 5.37. The summed E-state index contributed by atoms with van der Waals surface area (Å²) >= 11 is 3.42. The number of halogens is 1. The Morgan fingerprint density at radius 2 is 2.04 bits per heavy atom. The lowest BCUT2D eigenvalue weighted by molar-refractivity contribution is 0.0714. The third kappa shape index (κ3) is 3.33. The first-order chi connectivity index (χ1) is 12.6. The maximum absolute atomic E-state index is 13.1. The Hall–Kier alpha value is -2.34. The van der Waals surface area contributed by atoms with Crippen molar-refractivity contribution in [1.29, 1.82) is 0 Å². The van der Waals surface area contributed by atoms with Gasteiger partial charge in [-0.1, -0.05) is 15.9 Å². The summed E-state index contributed by atoms with van der Waals surface area (Å²) in [6, 6.07) is 11.2. The molecule has 0 spiro atoms. The second-order valence-corrected chi connectivity index (χ2v) is 7.51. The number of rotatable bonds is 5. The number of hydrogen-bond acceptors (Lipinski definition) is 3. The first kappa shape index (κ1) is 17.1. The first-order valence-electron chi connectivity index (χ1n) is 8.72. The van der Waals surface area contributed by atoms with Crippen LogP contribution < -0.4 is 0 Å². The van der Waals surface area contributed by atoms with Crippen LogP contribution in [0.5, 0.6) is 0 Å². The van der Waals surface area contributed by atoms with E-state index in [1.54, 1.807) is 6.26 Å². The Bertz CT molecular complexity index is 913. The molecule has 134 valence electrons. The van der Waals surface area contributed by atoms with E-state index >= 15 is 0 Å². The highest BCUT2D eigenvalue weighted by atomic mass is 79.9. The van der Waals surface area contributed by atoms with E-state index in [9.17, 15) is 4.79 Å². The van der Waals surface area contributed by atoms with Crippen molar-refractivity contribution in [1.82, 2.24) is 14.7 Å². The smallest absolute Gasteiger partial charge is 0.254 e. The Labute approximate surface area is 160 Å². The highest BCUT2D eigenvalue weighted by Gasteiger charge is 2.25. The van der Waals surface area contributed by atoms with E-state index in [0.717, 1.165) is 35.2 Å². The van der Waals surface area contributed by atoms with Crippen LogP contribution >= 0.6 is 15.9 Å². The number of fused-ring (bicyclic) bond motifs is 1. The van der Waals surface area contributed by atoms with Crippen LogP contribution in [-0.4, -0.2) is 20.6 Å². The highest BCUT2D eigenvalue weighted by Crippen LogP contribution is 2.26. The molecule has 1 amide bonds. The molecule has 1 aliphatic rings. The summed E-state index contributed by atoms with van der Waals surface area (Å²) in [4.78, 5) is 14.9. The van der Waals surface area contributed by atoms with Gasteiger partial charge in [0, 0.05) is 22.8 Å². The number of nitrogens with zero attached hydrogens (tertiary/aromatic N) is 3. The van der Waals surface area contributed by atoms with Crippen LogP contribution in [0.4, 0.5) is 0 Å². The Morgan fingerprint density at radius 1 is 1.23 bits per heavy atom. The molecular formula is C20H20BrN3O2. The topological polar surface area (TPSA) is 51.3 Å². The average molecular weight is 414 g/mol. The van der Waals surface area contributed by atoms with Crippen molar-refractivity contribution in [3.8, 4) is 0 Å². The lowest BCUT2D eigenvalue weighted by atomic mass is 10.1. The first-order valence-corrected chi connectivity index (χ1v) is 9.52. The normalized spacial score (nSPS) is 13.0. The summed E-state index contributed by atoms with van der Waals surface area (Å²) in [5.74, 6) is 0.745. The van der Waals surface area contributed by atoms with E-state index in [-0.39, 0.29) is 5.91 Å². The summed E-state index contributed by atoms with van der Waals surface area (Å²) in [6.45, 7) is 0.909. The molecule has 0 fully saturated rings. The number of amides is 1. The molecule has 0 saturated carbocycles. The van der Waals surface area contributed by atoms with Crippen LogP contribution in [0.1, 0.15) is 39.5 Å². The Balaban J connectivity index is 1.63. The van der Waals surface area contributed by atoms with Gasteiger partial charge in [0.25, 0.3) is 5.91 Å². The fraction of sp³-hybridized carbons (Fsp3) is 0.300. The van der Waals surface area contributed by atoms with Crippen molar-refractivity contribution in [3.63, 3.8) is 0 Å². The van der Waals surface area contributed by atoms with Gasteiger partial charge in [-0.3, -0.25) is 9.48 Å². The zero-order valence-corrected chi connectivity index (χ0v) is 16.2. The van der Waals surface area contributed by atoms with Gasteiger partial charge in [-0.15, -0.1) is 0 Å². The Kier molecular flexibility index (Phi) is 4.68. The van der Waals surface area contributed by atoms with Gasteiger partial charge in [0.15, 0.2) is 0 Å². The molecule has 0 N–H and O–H groups in total. The van der Waals surface area contributed by atoms with Crippen molar-refractivity contribution in [2.75, 3.05) is 0 Å². The molecule has 3 aromatic rings. The van der Waals surface area contributed by atoms with Crippen molar-refractivity contribution in [2.45, 2.75) is 32.4 Å². The van der Waals surface area contributed by atoms with Gasteiger partial charge >= 0.3 is 0 Å². The van der Waals surface area contributed by atoms with Gasteiger partial charge in [-0.05, 0) is 61.2 Å². The van der Waals surface area contributed by atoms with Crippen LogP contribution in [0.2, 0.25) is 0 Å². The molecule has 0 aliphatic heterocycles. The van der Waals surface area contributed by atoms with Gasteiger partial charge < -0.3 is 9.32 Å². The van der Waals surface area contributed by atoms with Crippen LogP contribution in [0.15, 0.2) is 51.6 Å². The fourth-order valence-electron chi connectivity index (χ4n) is 3.57. The Morgan fingerprint density at radius 3 is 2.77 bits per heavy atom. The maximum atomic E-state index is 13.1. The molecule has 0 saturated heterocycles. The third-order valence-electron chi connectivity index (χ3n) is 4.84. The van der Waals surface area contributed by atoms with Crippen LogP contribution in [0.25, 0.3) is 0 Å². The molecule has 1 aromatic carbocycles. The predicted molar refractivity (Wildman–Crippen MR) is 102 cm³/mol. The van der Waals surface area contributed by atoms with Crippen LogP contribution in [0.3, 0.4) is 0 Å². The molecule has 5 nitrogen and oxygen atoms in total. The number of aryl methyl sites for hydroxylation is 1. The van der Waals surface area contributed by atoms with Crippen molar-refractivity contribution in [2.24, 2.45) is 7.05 Å². The second-order valence-electron chi connectivity index (χ2n) is 6.60. The number of carbonyl (C=O) groups is 1. The van der Waals surface area contributed by atoms with Crippen molar-refractivity contribution < 1.29 is 9.21 Å². The predicted octanol–water partition coefficient (Wildman–Crippen LogP) is 4.11. The lowest BCUT2D eigenvalue weighted by Crippen LogP contribution is -2.30. The quantitative estimate of drug-likeness (QED) is 0.632. The van der Waals surface area contributed by atoms with Crippen molar-refractivity contribution in [3.05, 3.63) is 75.4 Å². The molecule has 4 rings (SSSR count). The molecule has 2 heterocycles. The molecule has 26 heavy (non-hydrogen) atoms. The van der Waals surface area contributed by atoms with E-state index in [1.165, 1.54) is 11.3 Å². The number of hydrogen-bond donors (Lipinski definition) is 0. The summed E-state index contributed by atoms with van der Waals surface area (Å²) in [7, 11) is 1.99. The zero-order valence-electron chi connectivity index (χ0n) is 14.6. The summed E-state index contributed by atoms with van der Waals surface area (Å²) in [5, 5.41) is 4.68. The van der Waals surface area contributed by atoms with E-state index in [4.69, 9.17) is 4.42 Å². The number of benzene rings is 1. The molecule has 0 bridgehead atoms. The zero-order chi connectivity index (χ0) is 18.1. The van der Waals surface area contributed by atoms with Gasteiger partial charge in [-0.25, -0.2) is 0 Å². The van der Waals surface area contributed by atoms with Gasteiger partial charge in [0.2, 0.25) is 0 Å². The average Bonchev–Trinajstić information content (AvgIpc) is 3.36. The van der Waals surface area contributed by atoms with Gasteiger partial charge in [0.1, 0.15) is 5.76 Å². The van der Waals surface area contributed by atoms with Crippen molar-refractivity contribution >= 4 is 21.8 Å². The minimum atomic E-state index is -0.0219. The molecule has 1 aliphatic carbocycles. The number of aromatic nitrogens is 2. The number of carbonyl (C=O) groups excluding carboxylic acids is 1. The monoisotopic (exact) mass is 413 g/mol. The molecule has 0 unspecified atom stereocenters. The summed E-state index contributed by atoms with van der Waals surface area (Å²) in [6.07, 6.45) is 4.90. The number of furan rings is 1. The van der Waals surface area contributed by atoms with Crippen LogP contribution in [-0.2, 0) is 33.0 Å². The fourth-order valence-corrected chi connectivity index (χ4v) is 3.83. The molecule has 0 atom stereocenters. The largest absolute Gasteiger partial charge is 0.467 e. The SMILES string of the molecule is Cn1nc(CN(Cc2ccco2)C(=O)c2ccc(Br)cc2)c2c1CCC2. The summed E-state index contributed by atoms with van der Waals surface area (Å²) in [5.41, 5.74) is 4.26.